The van der Waals surface area contributed by atoms with Crippen LogP contribution in [0.4, 0.5) is 4.79 Å². The number of carbonyl (C=O) groups excluding carboxylic acids is 2. The number of benzene rings is 2. The molecule has 0 saturated heterocycles. The minimum atomic E-state index is -0.611. The molecule has 2 aliphatic heterocycles. The summed E-state index contributed by atoms with van der Waals surface area (Å²) in [5.41, 5.74) is 2.00. The van der Waals surface area contributed by atoms with E-state index in [4.69, 9.17) is 14.2 Å². The lowest BCUT2D eigenvalue weighted by Crippen LogP contribution is -2.34. The SMILES string of the molecule is CC(C)(C)OC(=O)n1cc(C2CC3Oc4ccc(Br)cc4C(=O)C3=CO2)c2ccccc21. The molecule has 0 spiro atoms. The second-order valence-electron chi connectivity index (χ2n) is 8.96. The lowest BCUT2D eigenvalue weighted by Gasteiger charge is -2.33. The van der Waals surface area contributed by atoms with Crippen LogP contribution < -0.4 is 4.74 Å². The summed E-state index contributed by atoms with van der Waals surface area (Å²) in [6.45, 7) is 5.51. The molecule has 164 valence electrons. The first kappa shape index (κ1) is 20.8. The van der Waals surface area contributed by atoms with Gasteiger partial charge in [0.2, 0.25) is 0 Å². The predicted molar refractivity (Wildman–Crippen MR) is 123 cm³/mol. The van der Waals surface area contributed by atoms with Gasteiger partial charge in [-0.3, -0.25) is 9.36 Å². The summed E-state index contributed by atoms with van der Waals surface area (Å²) >= 11 is 3.40. The molecule has 1 aromatic heterocycles. The molecule has 0 fully saturated rings. The average Bonchev–Trinajstić information content (AvgIpc) is 3.13. The normalized spacial score (nSPS) is 20.0. The zero-order valence-electron chi connectivity index (χ0n) is 17.9. The fourth-order valence-corrected chi connectivity index (χ4v) is 4.50. The Morgan fingerprint density at radius 3 is 2.72 bits per heavy atom. The first-order chi connectivity index (χ1) is 15.2. The maximum absolute atomic E-state index is 13.0. The van der Waals surface area contributed by atoms with E-state index >= 15 is 0 Å². The molecule has 0 radical (unpaired) electrons. The van der Waals surface area contributed by atoms with Gasteiger partial charge in [0.25, 0.3) is 0 Å². The van der Waals surface area contributed by atoms with Crippen molar-refractivity contribution in [3.63, 3.8) is 0 Å². The summed E-state index contributed by atoms with van der Waals surface area (Å²) in [7, 11) is 0. The van der Waals surface area contributed by atoms with Gasteiger partial charge >= 0.3 is 6.09 Å². The first-order valence-electron chi connectivity index (χ1n) is 10.4. The van der Waals surface area contributed by atoms with Crippen molar-refractivity contribution in [2.24, 2.45) is 0 Å². The van der Waals surface area contributed by atoms with Gasteiger partial charge in [-0.15, -0.1) is 0 Å². The average molecular weight is 496 g/mol. The maximum Gasteiger partial charge on any atom is 0.419 e. The molecule has 0 bridgehead atoms. The van der Waals surface area contributed by atoms with E-state index in [1.807, 2.05) is 51.1 Å². The van der Waals surface area contributed by atoms with Crippen molar-refractivity contribution in [2.75, 3.05) is 0 Å². The van der Waals surface area contributed by atoms with Gasteiger partial charge in [0.1, 0.15) is 23.6 Å². The van der Waals surface area contributed by atoms with Gasteiger partial charge in [0, 0.05) is 28.0 Å². The van der Waals surface area contributed by atoms with Crippen LogP contribution in [-0.2, 0) is 9.47 Å². The van der Waals surface area contributed by atoms with Crippen LogP contribution in [0.25, 0.3) is 10.9 Å². The summed E-state index contributed by atoms with van der Waals surface area (Å²) in [5, 5.41) is 0.895. The Bertz CT molecular complexity index is 1280. The van der Waals surface area contributed by atoms with Crippen LogP contribution in [-0.4, -0.2) is 28.1 Å². The van der Waals surface area contributed by atoms with Crippen LogP contribution in [0.5, 0.6) is 5.75 Å². The number of hydrogen-bond donors (Lipinski definition) is 0. The van der Waals surface area contributed by atoms with Crippen LogP contribution in [0.1, 0.15) is 49.2 Å². The van der Waals surface area contributed by atoms with E-state index in [0.717, 1.165) is 20.9 Å². The van der Waals surface area contributed by atoms with Crippen molar-refractivity contribution in [3.05, 3.63) is 76.1 Å². The number of ether oxygens (including phenoxy) is 3. The molecule has 2 atom stereocenters. The third-order valence-corrected chi connectivity index (χ3v) is 6.03. The molecule has 2 unspecified atom stereocenters. The standard InChI is InChI=1S/C25H22BrNO5/c1-25(2,3)32-24(29)27-12-17(15-6-4-5-7-19(15)27)21-11-22-18(13-30-21)23(28)16-10-14(26)8-9-20(16)31-22/h4-10,12-13,21-22H,11H2,1-3H3. The van der Waals surface area contributed by atoms with E-state index in [2.05, 4.69) is 15.9 Å². The minimum Gasteiger partial charge on any atom is -0.493 e. The number of fused-ring (bicyclic) bond motifs is 3. The highest BCUT2D eigenvalue weighted by Gasteiger charge is 2.38. The molecule has 2 aliphatic rings. The van der Waals surface area contributed by atoms with Crippen molar-refractivity contribution in [3.8, 4) is 5.75 Å². The number of Topliss-reactive ketones (excluding diaryl/α,β-unsaturated/α-hetero) is 1. The van der Waals surface area contributed by atoms with Crippen molar-refractivity contribution < 1.29 is 23.8 Å². The van der Waals surface area contributed by atoms with Crippen molar-refractivity contribution >= 4 is 38.7 Å². The van der Waals surface area contributed by atoms with Gasteiger partial charge in [-0.2, -0.15) is 0 Å². The summed E-state index contributed by atoms with van der Waals surface area (Å²) in [4.78, 5) is 25.8. The summed E-state index contributed by atoms with van der Waals surface area (Å²) < 4.78 is 20.1. The van der Waals surface area contributed by atoms with Gasteiger partial charge in [-0.1, -0.05) is 34.1 Å². The topological polar surface area (TPSA) is 66.8 Å². The highest BCUT2D eigenvalue weighted by molar-refractivity contribution is 9.10. The zero-order valence-corrected chi connectivity index (χ0v) is 19.5. The smallest absolute Gasteiger partial charge is 0.419 e. The van der Waals surface area contributed by atoms with Crippen molar-refractivity contribution in [1.82, 2.24) is 4.57 Å². The quantitative estimate of drug-likeness (QED) is 0.403. The number of aromatic nitrogens is 1. The minimum absolute atomic E-state index is 0.0906. The van der Waals surface area contributed by atoms with E-state index in [-0.39, 0.29) is 11.9 Å². The lowest BCUT2D eigenvalue weighted by molar-refractivity contribution is 0.0531. The van der Waals surface area contributed by atoms with Gasteiger partial charge < -0.3 is 14.2 Å². The Hall–Kier alpha value is -3.06. The van der Waals surface area contributed by atoms with Gasteiger partial charge in [-0.05, 0) is 45.0 Å². The van der Waals surface area contributed by atoms with Crippen molar-refractivity contribution in [2.45, 2.75) is 45.0 Å². The Balaban J connectivity index is 1.50. The molecule has 0 saturated carbocycles. The number of halogens is 1. The molecule has 0 aliphatic carbocycles. The monoisotopic (exact) mass is 495 g/mol. The van der Waals surface area contributed by atoms with E-state index in [1.54, 1.807) is 18.3 Å². The Kier molecular flexibility index (Phi) is 4.89. The molecule has 2 aromatic carbocycles. The molecule has 0 amide bonds. The number of para-hydroxylation sites is 1. The predicted octanol–water partition coefficient (Wildman–Crippen LogP) is 6.18. The molecule has 5 rings (SSSR count). The number of rotatable bonds is 1. The Morgan fingerprint density at radius 2 is 1.94 bits per heavy atom. The molecular weight excluding hydrogens is 474 g/mol. The third-order valence-electron chi connectivity index (χ3n) is 5.53. The molecule has 32 heavy (non-hydrogen) atoms. The number of hydrogen-bond acceptors (Lipinski definition) is 5. The maximum atomic E-state index is 13.0. The first-order valence-corrected chi connectivity index (χ1v) is 11.2. The summed E-state index contributed by atoms with van der Waals surface area (Å²) in [5.74, 6) is 0.476. The Labute approximate surface area is 193 Å². The highest BCUT2D eigenvalue weighted by Crippen LogP contribution is 2.41. The Morgan fingerprint density at radius 1 is 1.16 bits per heavy atom. The van der Waals surface area contributed by atoms with E-state index in [9.17, 15) is 9.59 Å². The molecule has 3 aromatic rings. The molecule has 6 nitrogen and oxygen atoms in total. The van der Waals surface area contributed by atoms with Crippen LogP contribution in [0, 0.1) is 0 Å². The molecule has 7 heteroatoms. The summed E-state index contributed by atoms with van der Waals surface area (Å²) in [6, 6.07) is 13.0. The van der Waals surface area contributed by atoms with Crippen LogP contribution in [0.3, 0.4) is 0 Å². The fourth-order valence-electron chi connectivity index (χ4n) is 4.14. The number of carbonyl (C=O) groups is 2. The van der Waals surface area contributed by atoms with Gasteiger partial charge in [-0.25, -0.2) is 4.79 Å². The molecule has 0 N–H and O–H groups in total. The van der Waals surface area contributed by atoms with E-state index in [1.165, 1.54) is 10.8 Å². The van der Waals surface area contributed by atoms with Crippen molar-refractivity contribution in [1.29, 1.82) is 0 Å². The van der Waals surface area contributed by atoms with Gasteiger partial charge in [0.05, 0.1) is 22.9 Å². The highest BCUT2D eigenvalue weighted by atomic mass is 79.9. The third kappa shape index (κ3) is 3.60. The zero-order chi connectivity index (χ0) is 22.6. The van der Waals surface area contributed by atoms with Crippen LogP contribution in [0.2, 0.25) is 0 Å². The number of nitrogens with zero attached hydrogens (tertiary/aromatic N) is 1. The summed E-state index contributed by atoms with van der Waals surface area (Å²) in [6.07, 6.45) is 2.48. The van der Waals surface area contributed by atoms with E-state index in [0.29, 0.717) is 23.3 Å². The number of ketones is 1. The van der Waals surface area contributed by atoms with Gasteiger partial charge in [0.15, 0.2) is 5.78 Å². The largest absolute Gasteiger partial charge is 0.493 e. The molecule has 3 heterocycles. The van der Waals surface area contributed by atoms with Crippen LogP contribution >= 0.6 is 15.9 Å². The second-order valence-corrected chi connectivity index (χ2v) is 9.88. The molecular formula is C25H22BrNO5. The fraction of sp³-hybridized carbons (Fsp3) is 0.280. The lowest BCUT2D eigenvalue weighted by atomic mass is 9.89. The van der Waals surface area contributed by atoms with Crippen LogP contribution in [0.15, 0.2) is 65.0 Å². The van der Waals surface area contributed by atoms with E-state index < -0.39 is 17.8 Å². The second kappa shape index (κ2) is 7.52.